The van der Waals surface area contributed by atoms with Gasteiger partial charge in [-0.05, 0) is 38.1 Å². The zero-order valence-electron chi connectivity index (χ0n) is 14.0. The summed E-state index contributed by atoms with van der Waals surface area (Å²) >= 11 is 5.79. The summed E-state index contributed by atoms with van der Waals surface area (Å²) in [6.07, 6.45) is 2.90. The number of benzene rings is 1. The predicted molar refractivity (Wildman–Crippen MR) is 98.2 cm³/mol. The first-order valence-corrected chi connectivity index (χ1v) is 8.03. The fourth-order valence-electron chi connectivity index (χ4n) is 2.50. The van der Waals surface area contributed by atoms with Gasteiger partial charge in [-0.15, -0.1) is 0 Å². The van der Waals surface area contributed by atoms with Crippen LogP contribution >= 0.6 is 11.6 Å². The Balaban J connectivity index is 2.32. The quantitative estimate of drug-likeness (QED) is 0.308. The standard InChI is InChI=1S/C18H16ClN3O4/c1-9(2)17-12(5-10-6-14(24)15(25)7-13(10)23)18(26)22(21-17)11-3-4-16(19)20-8-11/h3-8,21,23-25H,1-2H3. The van der Waals surface area contributed by atoms with Crippen molar-refractivity contribution < 1.29 is 15.3 Å². The highest BCUT2D eigenvalue weighted by Crippen LogP contribution is 2.32. The molecule has 0 aliphatic carbocycles. The highest BCUT2D eigenvalue weighted by Gasteiger charge is 2.10. The van der Waals surface area contributed by atoms with Crippen molar-refractivity contribution in [3.05, 3.63) is 62.1 Å². The van der Waals surface area contributed by atoms with Crippen LogP contribution < -0.4 is 16.1 Å². The number of H-pyrrole nitrogens is 1. The molecule has 134 valence electrons. The molecule has 1 aromatic carbocycles. The Morgan fingerprint density at radius 2 is 1.85 bits per heavy atom. The van der Waals surface area contributed by atoms with Crippen LogP contribution in [0.2, 0.25) is 5.15 Å². The number of aromatic hydroxyl groups is 3. The Labute approximate surface area is 152 Å². The smallest absolute Gasteiger partial charge is 0.279 e. The van der Waals surface area contributed by atoms with E-state index in [2.05, 4.69) is 10.1 Å². The van der Waals surface area contributed by atoms with Gasteiger partial charge in [-0.25, -0.2) is 9.67 Å². The number of hydrogen-bond donors (Lipinski definition) is 4. The van der Waals surface area contributed by atoms with Crippen molar-refractivity contribution in [1.29, 1.82) is 0 Å². The molecule has 0 saturated carbocycles. The molecule has 8 heteroatoms. The van der Waals surface area contributed by atoms with Gasteiger partial charge in [0, 0.05) is 11.6 Å². The molecule has 3 rings (SSSR count). The molecule has 0 aliphatic heterocycles. The highest BCUT2D eigenvalue weighted by molar-refractivity contribution is 6.29. The van der Waals surface area contributed by atoms with Gasteiger partial charge < -0.3 is 15.3 Å². The predicted octanol–water partition coefficient (Wildman–Crippen LogP) is 1.35. The minimum Gasteiger partial charge on any atom is -0.507 e. The molecule has 0 unspecified atom stereocenters. The fraction of sp³-hybridized carbons (Fsp3) is 0.111. The summed E-state index contributed by atoms with van der Waals surface area (Å²) in [7, 11) is 0. The zero-order chi connectivity index (χ0) is 19.0. The third-order valence-electron chi connectivity index (χ3n) is 3.82. The van der Waals surface area contributed by atoms with Gasteiger partial charge in [0.2, 0.25) is 0 Å². The van der Waals surface area contributed by atoms with Gasteiger partial charge in [-0.3, -0.25) is 9.89 Å². The third kappa shape index (κ3) is 3.16. The van der Waals surface area contributed by atoms with E-state index in [-0.39, 0.29) is 16.9 Å². The molecule has 0 saturated heterocycles. The number of aromatic nitrogens is 3. The summed E-state index contributed by atoms with van der Waals surface area (Å²) in [5, 5.41) is 33.3. The van der Waals surface area contributed by atoms with E-state index in [1.54, 1.807) is 12.1 Å². The van der Waals surface area contributed by atoms with Gasteiger partial charge in [0.05, 0.1) is 22.5 Å². The van der Waals surface area contributed by atoms with E-state index in [9.17, 15) is 20.1 Å². The summed E-state index contributed by atoms with van der Waals surface area (Å²) in [5.41, 5.74) is 1.17. The van der Waals surface area contributed by atoms with Crippen LogP contribution in [-0.2, 0) is 0 Å². The van der Waals surface area contributed by atoms with E-state index >= 15 is 0 Å². The largest absolute Gasteiger partial charge is 0.507 e. The van der Waals surface area contributed by atoms with Crippen LogP contribution in [0.15, 0.2) is 35.3 Å². The summed E-state index contributed by atoms with van der Waals surface area (Å²) in [6, 6.07) is 5.41. The third-order valence-corrected chi connectivity index (χ3v) is 4.04. The summed E-state index contributed by atoms with van der Waals surface area (Å²) in [4.78, 5) is 16.8. The molecule has 3 aromatic rings. The van der Waals surface area contributed by atoms with E-state index in [0.717, 1.165) is 11.6 Å². The Hall–Kier alpha value is -3.19. The lowest BCUT2D eigenvalue weighted by molar-refractivity contribution is 0.396. The number of pyridine rings is 1. The maximum Gasteiger partial charge on any atom is 0.279 e. The number of nitrogens with one attached hydrogen (secondary N) is 1. The lowest BCUT2D eigenvalue weighted by Crippen LogP contribution is -2.35. The van der Waals surface area contributed by atoms with Crippen molar-refractivity contribution >= 4 is 23.3 Å². The number of phenolic OH excluding ortho intramolecular Hbond substituents is 3. The van der Waals surface area contributed by atoms with E-state index in [4.69, 9.17) is 11.6 Å². The molecule has 0 fully saturated rings. The Morgan fingerprint density at radius 3 is 2.46 bits per heavy atom. The van der Waals surface area contributed by atoms with E-state index in [1.807, 2.05) is 13.8 Å². The molecule has 7 nitrogen and oxygen atoms in total. The van der Waals surface area contributed by atoms with Crippen LogP contribution in [0.3, 0.4) is 0 Å². The minimum absolute atomic E-state index is 0.195. The van der Waals surface area contributed by atoms with Crippen molar-refractivity contribution in [2.45, 2.75) is 13.8 Å². The molecular weight excluding hydrogens is 358 g/mol. The van der Waals surface area contributed by atoms with Crippen LogP contribution in [-0.4, -0.2) is 30.1 Å². The number of nitrogens with zero attached hydrogens (tertiary/aromatic N) is 2. The molecule has 0 spiro atoms. The van der Waals surface area contributed by atoms with Crippen molar-refractivity contribution in [2.75, 3.05) is 0 Å². The molecule has 0 amide bonds. The van der Waals surface area contributed by atoms with E-state index in [0.29, 0.717) is 21.4 Å². The number of rotatable bonds is 2. The zero-order valence-corrected chi connectivity index (χ0v) is 14.7. The molecule has 0 aliphatic rings. The van der Waals surface area contributed by atoms with Crippen molar-refractivity contribution in [1.82, 2.24) is 14.8 Å². The molecule has 4 N–H and O–H groups in total. The number of phenols is 3. The number of halogens is 1. The number of hydrogen-bond acceptors (Lipinski definition) is 5. The first-order chi connectivity index (χ1) is 12.3. The van der Waals surface area contributed by atoms with E-state index in [1.165, 1.54) is 23.0 Å². The van der Waals surface area contributed by atoms with Gasteiger partial charge in [0.15, 0.2) is 11.5 Å². The van der Waals surface area contributed by atoms with Gasteiger partial charge in [0.25, 0.3) is 5.56 Å². The second-order valence-corrected chi connectivity index (χ2v) is 6.31. The normalized spacial score (nSPS) is 11.7. The average molecular weight is 374 g/mol. The minimum atomic E-state index is -0.447. The van der Waals surface area contributed by atoms with Crippen LogP contribution in [0.25, 0.3) is 17.3 Å². The SMILES string of the molecule is CC(C)=c1[nH]n(-c2ccc(Cl)nc2)c(=O)c1=Cc1cc(O)c(O)cc1O. The summed E-state index contributed by atoms with van der Waals surface area (Å²) in [5.74, 6) is -1.11. The first-order valence-electron chi connectivity index (χ1n) is 7.65. The molecule has 0 radical (unpaired) electrons. The molecule has 26 heavy (non-hydrogen) atoms. The van der Waals surface area contributed by atoms with Crippen molar-refractivity contribution in [3.8, 4) is 22.9 Å². The second kappa shape index (κ2) is 6.61. The van der Waals surface area contributed by atoms with Crippen LogP contribution in [0.4, 0.5) is 0 Å². The number of aromatic amines is 1. The van der Waals surface area contributed by atoms with Crippen molar-refractivity contribution in [3.63, 3.8) is 0 Å². The van der Waals surface area contributed by atoms with Gasteiger partial charge in [0.1, 0.15) is 10.9 Å². The first kappa shape index (κ1) is 17.6. The summed E-state index contributed by atoms with van der Waals surface area (Å²) in [6.45, 7) is 3.67. The van der Waals surface area contributed by atoms with Crippen molar-refractivity contribution in [2.24, 2.45) is 0 Å². The van der Waals surface area contributed by atoms with Gasteiger partial charge in [-0.1, -0.05) is 17.2 Å². The molecule has 0 bridgehead atoms. The van der Waals surface area contributed by atoms with Gasteiger partial charge in [-0.2, -0.15) is 0 Å². The molecular formula is C18H16ClN3O4. The average Bonchev–Trinajstić information content (AvgIpc) is 2.90. The van der Waals surface area contributed by atoms with Crippen LogP contribution in [0.5, 0.6) is 17.2 Å². The molecule has 0 atom stereocenters. The summed E-state index contributed by atoms with van der Waals surface area (Å²) < 4.78 is 1.31. The fourth-order valence-corrected chi connectivity index (χ4v) is 2.61. The maximum atomic E-state index is 12.9. The second-order valence-electron chi connectivity index (χ2n) is 5.92. The lowest BCUT2D eigenvalue weighted by atomic mass is 10.1. The van der Waals surface area contributed by atoms with Crippen LogP contribution in [0.1, 0.15) is 19.4 Å². The highest BCUT2D eigenvalue weighted by atomic mass is 35.5. The van der Waals surface area contributed by atoms with E-state index < -0.39 is 11.5 Å². The Bertz CT molecular complexity index is 1160. The molecule has 2 heterocycles. The topological polar surface area (TPSA) is 111 Å². The Kier molecular flexibility index (Phi) is 4.48. The van der Waals surface area contributed by atoms with Gasteiger partial charge >= 0.3 is 0 Å². The van der Waals surface area contributed by atoms with Crippen LogP contribution in [0, 0.1) is 0 Å². The maximum absolute atomic E-state index is 12.9. The monoisotopic (exact) mass is 373 g/mol. The lowest BCUT2D eigenvalue weighted by Gasteiger charge is -2.02. The Morgan fingerprint density at radius 1 is 1.15 bits per heavy atom. The molecule has 2 aromatic heterocycles.